The number of thioether (sulfide) groups is 1. The number of anilines is 2. The highest BCUT2D eigenvalue weighted by atomic mass is 32.2. The summed E-state index contributed by atoms with van der Waals surface area (Å²) in [6.07, 6.45) is 3.98. The van der Waals surface area contributed by atoms with Gasteiger partial charge in [0.05, 0.1) is 5.39 Å². The lowest BCUT2D eigenvalue weighted by Crippen LogP contribution is -1.96. The second-order valence-electron chi connectivity index (χ2n) is 5.02. The molecule has 3 heterocycles. The zero-order valence-corrected chi connectivity index (χ0v) is 12.1. The van der Waals surface area contributed by atoms with Crippen LogP contribution in [0.3, 0.4) is 0 Å². The number of fused-ring (bicyclic) bond motifs is 2. The molecule has 0 aliphatic carbocycles. The number of hydrogen-bond acceptors (Lipinski definition) is 5. The first-order valence-corrected chi connectivity index (χ1v) is 7.41. The molecule has 0 unspecified atom stereocenters. The van der Waals surface area contributed by atoms with Gasteiger partial charge in [0.1, 0.15) is 17.8 Å². The lowest BCUT2D eigenvalue weighted by molar-refractivity contribution is -0.110. The molecular weight excluding hydrogens is 284 g/mol. The highest BCUT2D eigenvalue weighted by Gasteiger charge is 2.19. The highest BCUT2D eigenvalue weighted by molar-refractivity contribution is 8.14. The third-order valence-electron chi connectivity index (χ3n) is 3.56. The summed E-state index contributed by atoms with van der Waals surface area (Å²) in [7, 11) is 0. The maximum atomic E-state index is 11.5. The van der Waals surface area contributed by atoms with Gasteiger partial charge >= 0.3 is 0 Å². The van der Waals surface area contributed by atoms with Gasteiger partial charge in [-0.05, 0) is 30.2 Å². The minimum atomic E-state index is 0.202. The largest absolute Gasteiger partial charge is 0.346 e. The van der Waals surface area contributed by atoms with Crippen molar-refractivity contribution in [1.29, 1.82) is 0 Å². The molecule has 104 valence electrons. The summed E-state index contributed by atoms with van der Waals surface area (Å²) in [6.45, 7) is 2.02. The normalized spacial score (nSPS) is 13.7. The van der Waals surface area contributed by atoms with Crippen LogP contribution in [0.25, 0.3) is 11.0 Å². The molecule has 0 spiro atoms. The molecule has 5 nitrogen and oxygen atoms in total. The van der Waals surface area contributed by atoms with Crippen molar-refractivity contribution >= 4 is 39.4 Å². The van der Waals surface area contributed by atoms with E-state index in [2.05, 4.69) is 20.3 Å². The Morgan fingerprint density at radius 1 is 1.33 bits per heavy atom. The summed E-state index contributed by atoms with van der Waals surface area (Å²) >= 11 is 1.31. The number of hydrogen-bond donors (Lipinski definition) is 2. The Hall–Kier alpha value is -2.34. The third-order valence-corrected chi connectivity index (χ3v) is 4.53. The average Bonchev–Trinajstić information content (AvgIpc) is 3.02. The zero-order valence-electron chi connectivity index (χ0n) is 11.3. The van der Waals surface area contributed by atoms with Gasteiger partial charge in [-0.25, -0.2) is 9.97 Å². The minimum Gasteiger partial charge on any atom is -0.346 e. The number of H-pyrrole nitrogens is 1. The van der Waals surface area contributed by atoms with Crippen LogP contribution in [-0.2, 0) is 11.2 Å². The smallest absolute Gasteiger partial charge is 0.198 e. The Kier molecular flexibility index (Phi) is 2.71. The monoisotopic (exact) mass is 296 g/mol. The Morgan fingerprint density at radius 2 is 2.24 bits per heavy atom. The van der Waals surface area contributed by atoms with E-state index in [9.17, 15) is 4.79 Å². The van der Waals surface area contributed by atoms with E-state index in [0.29, 0.717) is 6.42 Å². The van der Waals surface area contributed by atoms with E-state index in [1.165, 1.54) is 18.1 Å². The summed E-state index contributed by atoms with van der Waals surface area (Å²) in [5, 5.41) is 4.51. The van der Waals surface area contributed by atoms with Crippen molar-refractivity contribution in [3.63, 3.8) is 0 Å². The number of carbonyl (C=O) groups excluding carboxylic acids is 1. The molecule has 0 saturated heterocycles. The molecule has 0 bridgehead atoms. The number of rotatable bonds is 2. The van der Waals surface area contributed by atoms with Gasteiger partial charge in [-0.15, -0.1) is 0 Å². The molecule has 0 atom stereocenters. The molecule has 0 radical (unpaired) electrons. The van der Waals surface area contributed by atoms with Crippen molar-refractivity contribution in [2.45, 2.75) is 18.2 Å². The molecule has 0 saturated carbocycles. The molecule has 1 aliphatic rings. The standard InChI is InChI=1S/C15H12N4OS/c1-8-6-16-14-13(8)15(18-7-17-14)19-10-3-2-9-4-12(20)21-11(9)5-10/h2-3,5-7H,4H2,1H3,(H2,16,17,18,19). The number of benzene rings is 1. The first-order valence-electron chi connectivity index (χ1n) is 6.60. The Labute approximate surface area is 125 Å². The summed E-state index contributed by atoms with van der Waals surface area (Å²) < 4.78 is 0. The minimum absolute atomic E-state index is 0.202. The van der Waals surface area contributed by atoms with Gasteiger partial charge in [0.2, 0.25) is 0 Å². The lowest BCUT2D eigenvalue weighted by atomic mass is 10.1. The van der Waals surface area contributed by atoms with Crippen LogP contribution >= 0.6 is 11.8 Å². The van der Waals surface area contributed by atoms with Crippen LogP contribution in [0.5, 0.6) is 0 Å². The molecule has 2 N–H and O–H groups in total. The predicted octanol–water partition coefficient (Wildman–Crippen LogP) is 3.18. The van der Waals surface area contributed by atoms with E-state index < -0.39 is 0 Å². The van der Waals surface area contributed by atoms with Crippen LogP contribution in [-0.4, -0.2) is 20.1 Å². The lowest BCUT2D eigenvalue weighted by Gasteiger charge is -2.08. The van der Waals surface area contributed by atoms with E-state index in [0.717, 1.165) is 38.6 Å². The molecular formula is C15H12N4OS. The second-order valence-corrected chi connectivity index (χ2v) is 6.12. The molecule has 1 aromatic carbocycles. The number of aromatic amines is 1. The van der Waals surface area contributed by atoms with Crippen LogP contribution in [0, 0.1) is 6.92 Å². The van der Waals surface area contributed by atoms with Gasteiger partial charge in [-0.1, -0.05) is 17.8 Å². The van der Waals surface area contributed by atoms with Crippen molar-refractivity contribution in [2.75, 3.05) is 5.32 Å². The quantitative estimate of drug-likeness (QED) is 0.760. The molecule has 0 fully saturated rings. The fraction of sp³-hybridized carbons (Fsp3) is 0.133. The third kappa shape index (κ3) is 2.08. The number of aryl methyl sites for hydroxylation is 1. The van der Waals surface area contributed by atoms with Crippen molar-refractivity contribution in [3.8, 4) is 0 Å². The van der Waals surface area contributed by atoms with E-state index in [1.807, 2.05) is 31.3 Å². The number of aromatic nitrogens is 3. The van der Waals surface area contributed by atoms with Gasteiger partial charge < -0.3 is 10.3 Å². The maximum absolute atomic E-state index is 11.5. The Bertz CT molecular complexity index is 871. The molecule has 21 heavy (non-hydrogen) atoms. The Balaban J connectivity index is 1.74. The molecule has 3 aromatic rings. The van der Waals surface area contributed by atoms with Gasteiger partial charge in [-0.3, -0.25) is 4.79 Å². The number of nitrogens with one attached hydrogen (secondary N) is 2. The van der Waals surface area contributed by atoms with Crippen molar-refractivity contribution in [2.24, 2.45) is 0 Å². The summed E-state index contributed by atoms with van der Waals surface area (Å²) in [5.41, 5.74) is 3.94. The van der Waals surface area contributed by atoms with Crippen molar-refractivity contribution in [3.05, 3.63) is 41.9 Å². The SMILES string of the molecule is Cc1c[nH]c2ncnc(Nc3ccc4c(c3)SC(=O)C4)c12. The topological polar surface area (TPSA) is 70.7 Å². The molecule has 0 amide bonds. The van der Waals surface area contributed by atoms with Crippen LogP contribution in [0.15, 0.2) is 35.6 Å². The summed E-state index contributed by atoms with van der Waals surface area (Å²) in [5.74, 6) is 0.771. The second kappa shape index (κ2) is 4.60. The van der Waals surface area contributed by atoms with Gasteiger partial charge in [0.25, 0.3) is 0 Å². The maximum Gasteiger partial charge on any atom is 0.198 e. The van der Waals surface area contributed by atoms with E-state index in [-0.39, 0.29) is 5.12 Å². The van der Waals surface area contributed by atoms with Gasteiger partial charge in [-0.2, -0.15) is 0 Å². The van der Waals surface area contributed by atoms with Crippen LogP contribution in [0.2, 0.25) is 0 Å². The fourth-order valence-corrected chi connectivity index (χ4v) is 3.47. The van der Waals surface area contributed by atoms with Gasteiger partial charge in [0.15, 0.2) is 5.12 Å². The number of nitrogens with zero attached hydrogens (tertiary/aromatic N) is 2. The Morgan fingerprint density at radius 3 is 3.14 bits per heavy atom. The fourth-order valence-electron chi connectivity index (χ4n) is 2.54. The van der Waals surface area contributed by atoms with Crippen LogP contribution in [0.1, 0.15) is 11.1 Å². The van der Waals surface area contributed by atoms with Crippen molar-refractivity contribution in [1.82, 2.24) is 15.0 Å². The number of carbonyl (C=O) groups is 1. The molecule has 4 rings (SSSR count). The molecule has 6 heteroatoms. The molecule has 2 aromatic heterocycles. The summed E-state index contributed by atoms with van der Waals surface area (Å²) in [6, 6.07) is 5.98. The van der Waals surface area contributed by atoms with Crippen LogP contribution < -0.4 is 5.32 Å². The van der Waals surface area contributed by atoms with Crippen molar-refractivity contribution < 1.29 is 4.79 Å². The zero-order chi connectivity index (χ0) is 14.4. The molecule has 1 aliphatic heterocycles. The van der Waals surface area contributed by atoms with Crippen LogP contribution in [0.4, 0.5) is 11.5 Å². The predicted molar refractivity (Wildman–Crippen MR) is 82.9 cm³/mol. The summed E-state index contributed by atoms with van der Waals surface area (Å²) in [4.78, 5) is 24.2. The van der Waals surface area contributed by atoms with E-state index >= 15 is 0 Å². The van der Waals surface area contributed by atoms with Gasteiger partial charge in [0, 0.05) is 23.2 Å². The first-order chi connectivity index (χ1) is 10.2. The highest BCUT2D eigenvalue weighted by Crippen LogP contribution is 2.35. The first kappa shape index (κ1) is 12.4. The van der Waals surface area contributed by atoms with E-state index in [1.54, 1.807) is 0 Å². The average molecular weight is 296 g/mol. The van der Waals surface area contributed by atoms with E-state index in [4.69, 9.17) is 0 Å².